The van der Waals surface area contributed by atoms with Crippen LogP contribution in [-0.2, 0) is 15.3 Å². The lowest BCUT2D eigenvalue weighted by Crippen LogP contribution is -2.29. The van der Waals surface area contributed by atoms with Crippen LogP contribution in [0, 0.1) is 0 Å². The minimum Gasteiger partial charge on any atom is -0.307 e. The third-order valence-corrected chi connectivity index (χ3v) is 5.32. The molecular formula is C15H23NO2S. The lowest BCUT2D eigenvalue weighted by Gasteiger charge is -2.22. The fourth-order valence-electron chi connectivity index (χ4n) is 2.51. The van der Waals surface area contributed by atoms with Crippen molar-refractivity contribution in [2.24, 2.45) is 0 Å². The van der Waals surface area contributed by atoms with E-state index in [1.165, 1.54) is 5.56 Å². The smallest absolute Gasteiger partial charge is 0.180 e. The topological polar surface area (TPSA) is 46.2 Å². The van der Waals surface area contributed by atoms with Gasteiger partial charge in [0, 0.05) is 12.1 Å². The zero-order chi connectivity index (χ0) is 14.4. The molecule has 106 valence electrons. The molecule has 1 atom stereocenters. The van der Waals surface area contributed by atoms with E-state index in [0.29, 0.717) is 4.90 Å². The zero-order valence-electron chi connectivity index (χ0n) is 12.3. The Morgan fingerprint density at radius 2 is 1.89 bits per heavy atom. The largest absolute Gasteiger partial charge is 0.307 e. The van der Waals surface area contributed by atoms with Gasteiger partial charge in [-0.1, -0.05) is 46.8 Å². The molecule has 2 rings (SSSR count). The Morgan fingerprint density at radius 1 is 1.26 bits per heavy atom. The van der Waals surface area contributed by atoms with Crippen LogP contribution >= 0.6 is 0 Å². The Labute approximate surface area is 116 Å². The predicted octanol–water partition coefficient (Wildman–Crippen LogP) is 2.81. The van der Waals surface area contributed by atoms with E-state index >= 15 is 0 Å². The number of benzene rings is 1. The molecule has 4 heteroatoms. The maximum absolute atomic E-state index is 12.2. The van der Waals surface area contributed by atoms with Gasteiger partial charge in [0.1, 0.15) is 0 Å². The number of hydrogen-bond acceptors (Lipinski definition) is 3. The Morgan fingerprint density at radius 3 is 2.42 bits per heavy atom. The first-order valence-corrected chi connectivity index (χ1v) is 8.40. The zero-order valence-corrected chi connectivity index (χ0v) is 13.1. The molecular weight excluding hydrogens is 258 g/mol. The predicted molar refractivity (Wildman–Crippen MR) is 78.2 cm³/mol. The molecule has 3 nitrogen and oxygen atoms in total. The molecule has 1 N–H and O–H groups in total. The Bertz CT molecular complexity index is 583. The Hall–Kier alpha value is -0.870. The van der Waals surface area contributed by atoms with Gasteiger partial charge in [0.15, 0.2) is 9.84 Å². The van der Waals surface area contributed by atoms with E-state index in [4.69, 9.17) is 0 Å². The van der Waals surface area contributed by atoms with Crippen molar-refractivity contribution >= 4 is 9.84 Å². The summed E-state index contributed by atoms with van der Waals surface area (Å²) in [6.07, 6.45) is 0. The first-order valence-electron chi connectivity index (χ1n) is 6.74. The second kappa shape index (κ2) is 4.60. The molecule has 0 aromatic heterocycles. The molecule has 0 radical (unpaired) electrons. The van der Waals surface area contributed by atoms with Gasteiger partial charge < -0.3 is 5.32 Å². The highest BCUT2D eigenvalue weighted by atomic mass is 32.2. The van der Waals surface area contributed by atoms with Crippen LogP contribution < -0.4 is 5.32 Å². The second-order valence-electron chi connectivity index (χ2n) is 6.66. The second-order valence-corrected chi connectivity index (χ2v) is 8.66. The van der Waals surface area contributed by atoms with Gasteiger partial charge in [0.25, 0.3) is 0 Å². The molecule has 0 saturated carbocycles. The first-order chi connectivity index (χ1) is 8.61. The molecule has 1 heterocycles. The van der Waals surface area contributed by atoms with Crippen LogP contribution in [0.15, 0.2) is 23.1 Å². The van der Waals surface area contributed by atoms with Gasteiger partial charge in [-0.3, -0.25) is 0 Å². The van der Waals surface area contributed by atoms with E-state index in [9.17, 15) is 8.42 Å². The van der Waals surface area contributed by atoms with Gasteiger partial charge in [-0.2, -0.15) is 0 Å². The SMILES string of the molecule is CC(C)NC1CS(=O)(=O)c2ccc(C(C)(C)C)cc21. The number of sulfone groups is 1. The first kappa shape index (κ1) is 14.5. The average Bonchev–Trinajstić information content (AvgIpc) is 2.48. The van der Waals surface area contributed by atoms with Crippen molar-refractivity contribution in [2.45, 2.75) is 57.0 Å². The maximum atomic E-state index is 12.2. The van der Waals surface area contributed by atoms with Gasteiger partial charge >= 0.3 is 0 Å². The lowest BCUT2D eigenvalue weighted by atomic mass is 9.85. The van der Waals surface area contributed by atoms with Crippen molar-refractivity contribution in [1.82, 2.24) is 5.32 Å². The van der Waals surface area contributed by atoms with Crippen molar-refractivity contribution in [3.63, 3.8) is 0 Å². The van der Waals surface area contributed by atoms with Gasteiger partial charge in [-0.25, -0.2) is 8.42 Å². The number of hydrogen-bond donors (Lipinski definition) is 1. The summed E-state index contributed by atoms with van der Waals surface area (Å²) in [4.78, 5) is 0.499. The molecule has 0 spiro atoms. The van der Waals surface area contributed by atoms with Gasteiger partial charge in [-0.05, 0) is 22.6 Å². The van der Waals surface area contributed by atoms with Crippen LogP contribution in [0.2, 0.25) is 0 Å². The van der Waals surface area contributed by atoms with E-state index in [-0.39, 0.29) is 23.3 Å². The molecule has 1 aliphatic rings. The molecule has 0 bridgehead atoms. The summed E-state index contributed by atoms with van der Waals surface area (Å²) < 4.78 is 24.3. The minimum absolute atomic E-state index is 0.0315. The van der Waals surface area contributed by atoms with Crippen LogP contribution in [0.4, 0.5) is 0 Å². The standard InChI is InChI=1S/C15H23NO2S/c1-10(2)16-13-9-19(17,18)14-7-6-11(8-12(13)14)15(3,4)5/h6-8,10,13,16H,9H2,1-5H3. The van der Waals surface area contributed by atoms with E-state index in [1.807, 2.05) is 19.9 Å². The monoisotopic (exact) mass is 281 g/mol. The summed E-state index contributed by atoms with van der Waals surface area (Å²) in [6.45, 7) is 10.5. The van der Waals surface area contributed by atoms with Crippen LogP contribution in [-0.4, -0.2) is 20.2 Å². The highest BCUT2D eigenvalue weighted by Gasteiger charge is 2.35. The van der Waals surface area contributed by atoms with E-state index < -0.39 is 9.84 Å². The van der Waals surface area contributed by atoms with E-state index in [0.717, 1.165) is 5.56 Å². The maximum Gasteiger partial charge on any atom is 0.180 e. The van der Waals surface area contributed by atoms with Gasteiger partial charge in [0.2, 0.25) is 0 Å². The molecule has 0 amide bonds. The third-order valence-electron chi connectivity index (χ3n) is 3.51. The number of fused-ring (bicyclic) bond motifs is 1. The molecule has 0 aliphatic carbocycles. The van der Waals surface area contributed by atoms with E-state index in [1.54, 1.807) is 6.07 Å². The quantitative estimate of drug-likeness (QED) is 0.906. The highest BCUT2D eigenvalue weighted by molar-refractivity contribution is 7.91. The molecule has 1 aromatic carbocycles. The summed E-state index contributed by atoms with van der Waals surface area (Å²) in [5.74, 6) is 0.175. The third kappa shape index (κ3) is 2.84. The summed E-state index contributed by atoms with van der Waals surface area (Å²) in [5, 5.41) is 3.35. The molecule has 1 aliphatic heterocycles. The normalized spacial score (nSPS) is 21.7. The van der Waals surface area contributed by atoms with Crippen molar-refractivity contribution in [3.05, 3.63) is 29.3 Å². The molecule has 1 aromatic rings. The van der Waals surface area contributed by atoms with E-state index in [2.05, 4.69) is 32.2 Å². The van der Waals surface area contributed by atoms with Crippen LogP contribution in [0.25, 0.3) is 0 Å². The highest BCUT2D eigenvalue weighted by Crippen LogP contribution is 2.36. The van der Waals surface area contributed by atoms with Gasteiger partial charge in [0.05, 0.1) is 10.6 Å². The fraction of sp³-hybridized carbons (Fsp3) is 0.600. The summed E-state index contributed by atoms with van der Waals surface area (Å²) >= 11 is 0. The van der Waals surface area contributed by atoms with Gasteiger partial charge in [-0.15, -0.1) is 0 Å². The minimum atomic E-state index is -3.13. The molecule has 0 saturated heterocycles. The lowest BCUT2D eigenvalue weighted by molar-refractivity contribution is 0.506. The van der Waals surface area contributed by atoms with Crippen molar-refractivity contribution in [3.8, 4) is 0 Å². The summed E-state index contributed by atoms with van der Waals surface area (Å²) in [5.41, 5.74) is 2.14. The van der Waals surface area contributed by atoms with Crippen LogP contribution in [0.1, 0.15) is 51.8 Å². The molecule has 1 unspecified atom stereocenters. The van der Waals surface area contributed by atoms with Crippen molar-refractivity contribution in [2.75, 3.05) is 5.75 Å². The van der Waals surface area contributed by atoms with Crippen LogP contribution in [0.3, 0.4) is 0 Å². The average molecular weight is 281 g/mol. The van der Waals surface area contributed by atoms with Crippen molar-refractivity contribution in [1.29, 1.82) is 0 Å². The number of nitrogens with one attached hydrogen (secondary N) is 1. The molecule has 19 heavy (non-hydrogen) atoms. The van der Waals surface area contributed by atoms with Crippen molar-refractivity contribution < 1.29 is 8.42 Å². The Kier molecular flexibility index (Phi) is 3.52. The summed E-state index contributed by atoms with van der Waals surface area (Å²) in [6, 6.07) is 5.95. The molecule has 0 fully saturated rings. The summed E-state index contributed by atoms with van der Waals surface area (Å²) in [7, 11) is -3.13. The van der Waals surface area contributed by atoms with Crippen LogP contribution in [0.5, 0.6) is 0 Å². The number of rotatable bonds is 2. The Balaban J connectivity index is 2.51. The fourth-order valence-corrected chi connectivity index (χ4v) is 4.24.